The van der Waals surface area contributed by atoms with Gasteiger partial charge in [-0.1, -0.05) is 0 Å². The first-order valence-electron chi connectivity index (χ1n) is 5.86. The van der Waals surface area contributed by atoms with E-state index in [4.69, 9.17) is 0 Å². The van der Waals surface area contributed by atoms with Gasteiger partial charge in [0.2, 0.25) is 0 Å². The van der Waals surface area contributed by atoms with E-state index in [9.17, 15) is 5.11 Å². The van der Waals surface area contributed by atoms with Crippen molar-refractivity contribution in [3.63, 3.8) is 0 Å². The largest absolute Gasteiger partial charge is 0.390 e. The monoisotopic (exact) mass is 294 g/mol. The van der Waals surface area contributed by atoms with Gasteiger partial charge in [-0.25, -0.2) is 9.97 Å². The van der Waals surface area contributed by atoms with Crippen molar-refractivity contribution >= 4 is 33.5 Å². The van der Waals surface area contributed by atoms with Gasteiger partial charge in [-0.3, -0.25) is 4.40 Å². The lowest BCUT2D eigenvalue weighted by molar-refractivity contribution is 0.276. The fourth-order valence-corrected chi connectivity index (χ4v) is 3.40. The first kappa shape index (κ1) is 12.6. The summed E-state index contributed by atoms with van der Waals surface area (Å²) in [7, 11) is 1.97. The molecular formula is C12H14N4OS2. The summed E-state index contributed by atoms with van der Waals surface area (Å²) in [6.45, 7) is 2.68. The van der Waals surface area contributed by atoms with Crippen molar-refractivity contribution in [3.8, 4) is 0 Å². The number of imidazole rings is 1. The zero-order valence-electron chi connectivity index (χ0n) is 10.7. The standard InChI is InChI=1S/C12H14N4OS2/c1-8-13-9(7-19-8)5-15(2)11-10(6-17)16-3-4-18-12(16)14-11/h3-4,7,17H,5-6H2,1-2H3. The normalized spacial score (nSPS) is 11.3. The highest BCUT2D eigenvalue weighted by atomic mass is 32.1. The molecule has 100 valence electrons. The molecule has 3 heterocycles. The summed E-state index contributed by atoms with van der Waals surface area (Å²) in [5.74, 6) is 0.819. The van der Waals surface area contributed by atoms with E-state index >= 15 is 0 Å². The average molecular weight is 294 g/mol. The molecule has 0 spiro atoms. The molecule has 0 saturated carbocycles. The minimum Gasteiger partial charge on any atom is -0.390 e. The van der Waals surface area contributed by atoms with Crippen LogP contribution in [0.15, 0.2) is 17.0 Å². The van der Waals surface area contributed by atoms with Gasteiger partial charge >= 0.3 is 0 Å². The second-order valence-electron chi connectivity index (χ2n) is 4.31. The topological polar surface area (TPSA) is 53.7 Å². The van der Waals surface area contributed by atoms with Crippen LogP contribution in [0.25, 0.3) is 4.96 Å². The fourth-order valence-electron chi connectivity index (χ4n) is 2.07. The SMILES string of the molecule is Cc1nc(CN(C)c2nc3sccn3c2CO)cs1. The molecule has 1 N–H and O–H groups in total. The summed E-state index contributed by atoms with van der Waals surface area (Å²) in [5.41, 5.74) is 1.86. The van der Waals surface area contributed by atoms with Crippen LogP contribution >= 0.6 is 22.7 Å². The molecule has 3 aromatic heterocycles. The summed E-state index contributed by atoms with van der Waals surface area (Å²) in [6, 6.07) is 0. The Kier molecular flexibility index (Phi) is 3.26. The van der Waals surface area contributed by atoms with Gasteiger partial charge in [0.25, 0.3) is 0 Å². The minimum absolute atomic E-state index is 0.0202. The molecule has 0 amide bonds. The Labute approximate surface area is 118 Å². The predicted octanol–water partition coefficient (Wildman–Crippen LogP) is 2.29. The maximum absolute atomic E-state index is 9.55. The maximum Gasteiger partial charge on any atom is 0.195 e. The van der Waals surface area contributed by atoms with Gasteiger partial charge in [-0.15, -0.1) is 22.7 Å². The van der Waals surface area contributed by atoms with E-state index in [2.05, 4.69) is 15.3 Å². The van der Waals surface area contributed by atoms with Crippen LogP contribution in [0.5, 0.6) is 0 Å². The van der Waals surface area contributed by atoms with Gasteiger partial charge in [0.05, 0.1) is 29.5 Å². The van der Waals surface area contributed by atoms with Crippen LogP contribution in [-0.4, -0.2) is 26.5 Å². The molecule has 7 heteroatoms. The Morgan fingerprint density at radius 3 is 2.89 bits per heavy atom. The summed E-state index contributed by atoms with van der Waals surface area (Å²) in [5, 5.41) is 14.6. The van der Waals surface area contributed by atoms with Crippen molar-refractivity contribution in [3.05, 3.63) is 33.4 Å². The lowest BCUT2D eigenvalue weighted by atomic mass is 10.4. The minimum atomic E-state index is -0.0202. The molecule has 3 rings (SSSR count). The Bertz CT molecular complexity index is 700. The van der Waals surface area contributed by atoms with Crippen LogP contribution in [0, 0.1) is 6.92 Å². The van der Waals surface area contributed by atoms with E-state index in [0.717, 1.165) is 27.2 Å². The number of rotatable bonds is 4. The Morgan fingerprint density at radius 1 is 1.37 bits per heavy atom. The third kappa shape index (κ3) is 2.24. The van der Waals surface area contributed by atoms with Gasteiger partial charge in [0.15, 0.2) is 10.8 Å². The number of hydrogen-bond acceptors (Lipinski definition) is 6. The van der Waals surface area contributed by atoms with Gasteiger partial charge in [-0.05, 0) is 6.92 Å². The van der Waals surface area contributed by atoms with Crippen molar-refractivity contribution in [2.45, 2.75) is 20.1 Å². The molecule has 0 aromatic carbocycles. The quantitative estimate of drug-likeness (QED) is 0.802. The number of fused-ring (bicyclic) bond motifs is 1. The van der Waals surface area contributed by atoms with Gasteiger partial charge in [-0.2, -0.15) is 0 Å². The van der Waals surface area contributed by atoms with E-state index in [1.54, 1.807) is 22.7 Å². The molecule has 0 unspecified atom stereocenters. The summed E-state index contributed by atoms with van der Waals surface area (Å²) in [4.78, 5) is 12.0. The Hall–Kier alpha value is -1.44. The van der Waals surface area contributed by atoms with Crippen LogP contribution < -0.4 is 4.90 Å². The van der Waals surface area contributed by atoms with Gasteiger partial charge < -0.3 is 10.0 Å². The van der Waals surface area contributed by atoms with Crippen LogP contribution in [-0.2, 0) is 13.2 Å². The van der Waals surface area contributed by atoms with Crippen LogP contribution in [0.4, 0.5) is 5.82 Å². The number of thiazole rings is 2. The molecule has 0 radical (unpaired) electrons. The maximum atomic E-state index is 9.55. The summed E-state index contributed by atoms with van der Waals surface area (Å²) in [6.07, 6.45) is 1.93. The average Bonchev–Trinajstić information content (AvgIpc) is 3.03. The number of aromatic nitrogens is 3. The molecule has 5 nitrogen and oxygen atoms in total. The highest BCUT2D eigenvalue weighted by molar-refractivity contribution is 7.15. The smallest absolute Gasteiger partial charge is 0.195 e. The zero-order chi connectivity index (χ0) is 13.4. The van der Waals surface area contributed by atoms with Crippen molar-refractivity contribution in [1.82, 2.24) is 14.4 Å². The molecule has 0 aliphatic rings. The van der Waals surface area contributed by atoms with Crippen molar-refractivity contribution < 1.29 is 5.11 Å². The lowest BCUT2D eigenvalue weighted by Crippen LogP contribution is -2.18. The van der Waals surface area contributed by atoms with Crippen molar-refractivity contribution in [2.75, 3.05) is 11.9 Å². The van der Waals surface area contributed by atoms with Crippen molar-refractivity contribution in [2.24, 2.45) is 0 Å². The third-order valence-electron chi connectivity index (χ3n) is 2.92. The van der Waals surface area contributed by atoms with Crippen molar-refractivity contribution in [1.29, 1.82) is 0 Å². The second kappa shape index (κ2) is 4.92. The number of aliphatic hydroxyl groups excluding tert-OH is 1. The molecular weight excluding hydrogens is 280 g/mol. The van der Waals surface area contributed by atoms with E-state index in [0.29, 0.717) is 6.54 Å². The third-order valence-corrected chi connectivity index (χ3v) is 4.50. The molecule has 0 aliphatic heterocycles. The highest BCUT2D eigenvalue weighted by Gasteiger charge is 2.16. The molecule has 0 saturated heterocycles. The lowest BCUT2D eigenvalue weighted by Gasteiger charge is -2.16. The zero-order valence-corrected chi connectivity index (χ0v) is 12.3. The Morgan fingerprint density at radius 2 is 2.21 bits per heavy atom. The summed E-state index contributed by atoms with van der Waals surface area (Å²) >= 11 is 3.21. The molecule has 3 aromatic rings. The number of aliphatic hydroxyl groups is 1. The van der Waals surface area contributed by atoms with Gasteiger partial charge in [0, 0.05) is 24.0 Å². The predicted molar refractivity (Wildman–Crippen MR) is 77.9 cm³/mol. The molecule has 0 aliphatic carbocycles. The molecule has 0 atom stereocenters. The highest BCUT2D eigenvalue weighted by Crippen LogP contribution is 2.25. The van der Waals surface area contributed by atoms with E-state index in [1.165, 1.54) is 0 Å². The molecule has 0 bridgehead atoms. The number of anilines is 1. The van der Waals surface area contributed by atoms with Crippen LogP contribution in [0.1, 0.15) is 16.4 Å². The summed E-state index contributed by atoms with van der Waals surface area (Å²) < 4.78 is 1.93. The van der Waals surface area contributed by atoms with Crippen LogP contribution in [0.3, 0.4) is 0 Å². The van der Waals surface area contributed by atoms with E-state index < -0.39 is 0 Å². The first-order chi connectivity index (χ1) is 9.19. The van der Waals surface area contributed by atoms with Crippen LogP contribution in [0.2, 0.25) is 0 Å². The fraction of sp³-hybridized carbons (Fsp3) is 0.333. The van der Waals surface area contributed by atoms with Gasteiger partial charge in [0.1, 0.15) is 0 Å². The second-order valence-corrected chi connectivity index (χ2v) is 6.24. The number of nitrogens with zero attached hydrogens (tertiary/aromatic N) is 4. The molecule has 19 heavy (non-hydrogen) atoms. The van der Waals surface area contributed by atoms with E-state index in [-0.39, 0.29) is 6.61 Å². The Balaban J connectivity index is 1.92. The number of hydrogen-bond donors (Lipinski definition) is 1. The molecule has 0 fully saturated rings. The number of aryl methyl sites for hydroxylation is 1. The first-order valence-corrected chi connectivity index (χ1v) is 7.62. The van der Waals surface area contributed by atoms with E-state index in [1.807, 2.05) is 34.8 Å².